The van der Waals surface area contributed by atoms with Gasteiger partial charge in [0.25, 0.3) is 0 Å². The van der Waals surface area contributed by atoms with Crippen LogP contribution in [0.3, 0.4) is 0 Å². The van der Waals surface area contributed by atoms with Gasteiger partial charge < -0.3 is 10.5 Å². The van der Waals surface area contributed by atoms with E-state index in [9.17, 15) is 26.3 Å². The van der Waals surface area contributed by atoms with Crippen LogP contribution in [0.5, 0.6) is 5.75 Å². The van der Waals surface area contributed by atoms with Crippen LogP contribution in [0.2, 0.25) is 5.02 Å². The minimum Gasteiger partial charge on any atom is -0.406 e. The molecule has 130 valence electrons. The summed E-state index contributed by atoms with van der Waals surface area (Å²) in [5.41, 5.74) is 5.61. The summed E-state index contributed by atoms with van der Waals surface area (Å²) in [7, 11) is 0. The Hall–Kier alpha value is -1.93. The third kappa shape index (κ3) is 4.55. The first-order valence-corrected chi connectivity index (χ1v) is 6.83. The number of ether oxygens (including phenoxy) is 1. The zero-order valence-electron chi connectivity index (χ0n) is 11.8. The van der Waals surface area contributed by atoms with Gasteiger partial charge in [0.05, 0.1) is 16.6 Å². The highest BCUT2D eigenvalue weighted by molar-refractivity contribution is 6.31. The third-order valence-electron chi connectivity index (χ3n) is 3.13. The van der Waals surface area contributed by atoms with Crippen molar-refractivity contribution in [3.63, 3.8) is 0 Å². The van der Waals surface area contributed by atoms with Gasteiger partial charge in [0.15, 0.2) is 0 Å². The van der Waals surface area contributed by atoms with Gasteiger partial charge in [0, 0.05) is 0 Å². The minimum absolute atomic E-state index is 0.289. The molecule has 2 nitrogen and oxygen atoms in total. The lowest BCUT2D eigenvalue weighted by molar-refractivity contribution is -0.274. The molecule has 0 aliphatic rings. The molecule has 2 N–H and O–H groups in total. The van der Waals surface area contributed by atoms with Gasteiger partial charge in [-0.05, 0) is 35.4 Å². The number of hydrogen-bond acceptors (Lipinski definition) is 2. The molecule has 0 aliphatic carbocycles. The summed E-state index contributed by atoms with van der Waals surface area (Å²) in [6, 6.07) is 6.90. The van der Waals surface area contributed by atoms with E-state index in [1.54, 1.807) is 0 Å². The summed E-state index contributed by atoms with van der Waals surface area (Å²) >= 11 is 5.62. The number of halogens is 7. The van der Waals surface area contributed by atoms with E-state index >= 15 is 0 Å². The average Bonchev–Trinajstić information content (AvgIpc) is 2.44. The van der Waals surface area contributed by atoms with E-state index in [2.05, 4.69) is 4.74 Å². The van der Waals surface area contributed by atoms with E-state index in [1.807, 2.05) is 0 Å². The van der Waals surface area contributed by atoms with Gasteiger partial charge in [-0.3, -0.25) is 0 Å². The molecule has 1 atom stereocenters. The second-order valence-electron chi connectivity index (χ2n) is 4.83. The fourth-order valence-corrected chi connectivity index (χ4v) is 2.32. The van der Waals surface area contributed by atoms with Crippen molar-refractivity contribution in [2.24, 2.45) is 5.73 Å². The van der Waals surface area contributed by atoms with E-state index < -0.39 is 34.9 Å². The van der Waals surface area contributed by atoms with Gasteiger partial charge in [-0.25, -0.2) is 0 Å². The van der Waals surface area contributed by atoms with E-state index in [-0.39, 0.29) is 5.56 Å². The number of benzene rings is 2. The first kappa shape index (κ1) is 18.4. The number of rotatable bonds is 3. The Morgan fingerprint density at radius 2 is 1.42 bits per heavy atom. The second kappa shape index (κ2) is 6.52. The monoisotopic (exact) mass is 369 g/mol. The lowest BCUT2D eigenvalue weighted by atomic mass is 9.98. The Labute approximate surface area is 137 Å². The van der Waals surface area contributed by atoms with Gasteiger partial charge in [-0.2, -0.15) is 13.2 Å². The summed E-state index contributed by atoms with van der Waals surface area (Å²) < 4.78 is 78.0. The Balaban J connectivity index is 2.23. The van der Waals surface area contributed by atoms with Crippen LogP contribution in [0, 0.1) is 0 Å². The first-order chi connectivity index (χ1) is 11.0. The van der Waals surface area contributed by atoms with Crippen molar-refractivity contribution in [1.82, 2.24) is 0 Å². The highest BCUT2D eigenvalue weighted by Crippen LogP contribution is 2.36. The molecule has 0 amide bonds. The van der Waals surface area contributed by atoms with Gasteiger partial charge in [-0.1, -0.05) is 29.8 Å². The van der Waals surface area contributed by atoms with Crippen LogP contribution in [0.1, 0.15) is 22.7 Å². The van der Waals surface area contributed by atoms with Crippen LogP contribution >= 0.6 is 11.6 Å². The molecule has 0 heterocycles. The molecule has 0 aliphatic heterocycles. The maximum atomic E-state index is 12.7. The maximum absolute atomic E-state index is 12.7. The zero-order valence-corrected chi connectivity index (χ0v) is 12.5. The SMILES string of the molecule is N[C@H](c1ccc(OC(F)(F)F)cc1)c1ccc(C(F)(F)F)c(Cl)c1. The molecule has 9 heteroatoms. The van der Waals surface area contributed by atoms with E-state index in [0.717, 1.165) is 24.3 Å². The summed E-state index contributed by atoms with van der Waals surface area (Å²) in [4.78, 5) is 0. The van der Waals surface area contributed by atoms with Gasteiger partial charge in [-0.15, -0.1) is 13.2 Å². The Bertz CT molecular complexity index is 711. The number of hydrogen-bond donors (Lipinski definition) is 1. The molecule has 0 aromatic heterocycles. The quantitative estimate of drug-likeness (QED) is 0.745. The molecule has 2 aromatic rings. The molecule has 0 saturated heterocycles. The lowest BCUT2D eigenvalue weighted by Crippen LogP contribution is -2.17. The van der Waals surface area contributed by atoms with E-state index in [0.29, 0.717) is 5.56 Å². The van der Waals surface area contributed by atoms with Crippen LogP contribution in [0.25, 0.3) is 0 Å². The Morgan fingerprint density at radius 1 is 0.875 bits per heavy atom. The first-order valence-electron chi connectivity index (χ1n) is 6.45. The third-order valence-corrected chi connectivity index (χ3v) is 3.44. The van der Waals surface area contributed by atoms with Gasteiger partial charge in [0.2, 0.25) is 0 Å². The number of alkyl halides is 6. The molecule has 0 fully saturated rings. The van der Waals surface area contributed by atoms with Crippen LogP contribution in [0.4, 0.5) is 26.3 Å². The fraction of sp³-hybridized carbons (Fsp3) is 0.200. The predicted octanol–water partition coefficient (Wildman–Crippen LogP) is 5.31. The molecule has 2 aromatic carbocycles. The van der Waals surface area contributed by atoms with Crippen molar-refractivity contribution >= 4 is 11.6 Å². The Kier molecular flexibility index (Phi) is 5.00. The second-order valence-corrected chi connectivity index (χ2v) is 5.24. The minimum atomic E-state index is -4.81. The molecule has 2 rings (SSSR count). The van der Waals surface area contributed by atoms with Gasteiger partial charge >= 0.3 is 12.5 Å². The van der Waals surface area contributed by atoms with Crippen LogP contribution in [0.15, 0.2) is 42.5 Å². The van der Waals surface area contributed by atoms with Crippen molar-refractivity contribution in [3.8, 4) is 5.75 Å². The summed E-state index contributed by atoms with van der Waals surface area (Å²) in [6.07, 6.45) is -9.40. The highest BCUT2D eigenvalue weighted by atomic mass is 35.5. The zero-order chi connectivity index (χ0) is 18.1. The topological polar surface area (TPSA) is 35.2 Å². The van der Waals surface area contributed by atoms with Crippen LogP contribution in [-0.4, -0.2) is 6.36 Å². The molecule has 0 bridgehead atoms. The average molecular weight is 370 g/mol. The van der Waals surface area contributed by atoms with Crippen molar-refractivity contribution in [2.75, 3.05) is 0 Å². The van der Waals surface area contributed by atoms with Crippen LogP contribution < -0.4 is 10.5 Å². The molecule has 24 heavy (non-hydrogen) atoms. The molecular formula is C15H10ClF6NO. The van der Waals surface area contributed by atoms with E-state index in [1.165, 1.54) is 18.2 Å². The normalized spacial score (nSPS) is 13.7. The molecule has 0 unspecified atom stereocenters. The maximum Gasteiger partial charge on any atom is 0.573 e. The van der Waals surface area contributed by atoms with Crippen molar-refractivity contribution in [1.29, 1.82) is 0 Å². The largest absolute Gasteiger partial charge is 0.573 e. The van der Waals surface area contributed by atoms with Crippen molar-refractivity contribution < 1.29 is 31.1 Å². The number of nitrogens with two attached hydrogens (primary N) is 1. The fourth-order valence-electron chi connectivity index (χ4n) is 2.02. The van der Waals surface area contributed by atoms with Crippen LogP contribution in [-0.2, 0) is 6.18 Å². The standard InChI is InChI=1S/C15H10ClF6NO/c16-12-7-9(3-6-11(12)14(17,18)19)13(23)8-1-4-10(5-2-8)24-15(20,21)22/h1-7,13H,23H2/t13-/m1/s1. The molecule has 0 radical (unpaired) electrons. The smallest absolute Gasteiger partial charge is 0.406 e. The molecule has 0 spiro atoms. The molecule has 0 saturated carbocycles. The summed E-state index contributed by atoms with van der Waals surface area (Å²) in [6.45, 7) is 0. The molecular weight excluding hydrogens is 360 g/mol. The van der Waals surface area contributed by atoms with E-state index in [4.69, 9.17) is 17.3 Å². The lowest BCUT2D eigenvalue weighted by Gasteiger charge is -2.16. The highest BCUT2D eigenvalue weighted by Gasteiger charge is 2.33. The predicted molar refractivity (Wildman–Crippen MR) is 75.6 cm³/mol. The summed E-state index contributed by atoms with van der Waals surface area (Å²) in [5, 5.41) is -0.507. The Morgan fingerprint density at radius 3 is 1.88 bits per heavy atom. The van der Waals surface area contributed by atoms with Crippen molar-refractivity contribution in [2.45, 2.75) is 18.6 Å². The summed E-state index contributed by atoms with van der Waals surface area (Å²) in [5.74, 6) is -0.427. The van der Waals surface area contributed by atoms with Gasteiger partial charge in [0.1, 0.15) is 5.75 Å². The van der Waals surface area contributed by atoms with Crippen molar-refractivity contribution in [3.05, 3.63) is 64.2 Å².